The second-order valence-corrected chi connectivity index (χ2v) is 8.71. The third kappa shape index (κ3) is 3.74. The zero-order valence-electron chi connectivity index (χ0n) is 19.4. The van der Waals surface area contributed by atoms with Crippen molar-refractivity contribution in [1.82, 2.24) is 10.2 Å². The Labute approximate surface area is 206 Å². The van der Waals surface area contributed by atoms with Crippen molar-refractivity contribution in [2.75, 3.05) is 25.7 Å². The molecule has 0 aliphatic carbocycles. The zero-order chi connectivity index (χ0) is 24.5. The molecule has 0 saturated heterocycles. The summed E-state index contributed by atoms with van der Waals surface area (Å²) in [6, 6.07) is 15.7. The summed E-state index contributed by atoms with van der Waals surface area (Å²) in [7, 11) is 3.17. The van der Waals surface area contributed by atoms with E-state index in [1.807, 2.05) is 35.7 Å². The highest BCUT2D eigenvalue weighted by Crippen LogP contribution is 2.50. The molecule has 1 aliphatic rings. The van der Waals surface area contributed by atoms with Gasteiger partial charge in [0.2, 0.25) is 0 Å². The highest BCUT2D eigenvalue weighted by Gasteiger charge is 2.45. The molecule has 1 atom stereocenters. The topological polar surface area (TPSA) is 93.8 Å². The molecule has 9 heteroatoms. The molecule has 2 aromatic heterocycles. The first-order valence-electron chi connectivity index (χ1n) is 11.0. The number of hydrogen-bond acceptors (Lipinski definition) is 7. The first kappa shape index (κ1) is 22.7. The molecular formula is C26H23N3O5S. The first-order chi connectivity index (χ1) is 17.1. The number of rotatable bonds is 7. The number of anilines is 1. The summed E-state index contributed by atoms with van der Waals surface area (Å²) in [5.41, 5.74) is 3.57. The molecule has 0 fully saturated rings. The van der Waals surface area contributed by atoms with Crippen molar-refractivity contribution < 1.29 is 23.8 Å². The van der Waals surface area contributed by atoms with Gasteiger partial charge in [0.05, 0.1) is 48.6 Å². The number of methoxy groups -OCH3 is 2. The molecule has 0 radical (unpaired) electrons. The molecule has 1 aliphatic heterocycles. The maximum Gasteiger partial charge on any atom is 0.338 e. The van der Waals surface area contributed by atoms with E-state index in [0.29, 0.717) is 34.0 Å². The Hall–Kier alpha value is -4.11. The Balaban J connectivity index is 1.71. The molecular weight excluding hydrogens is 466 g/mol. The minimum Gasteiger partial charge on any atom is -0.496 e. The Morgan fingerprint density at radius 1 is 1.03 bits per heavy atom. The maximum absolute atomic E-state index is 13.8. The Morgan fingerprint density at radius 3 is 2.34 bits per heavy atom. The predicted octanol–water partition coefficient (Wildman–Crippen LogP) is 5.08. The summed E-state index contributed by atoms with van der Waals surface area (Å²) in [5.74, 6) is 0.492. The number of ether oxygens (including phenoxy) is 3. The fourth-order valence-electron chi connectivity index (χ4n) is 4.41. The molecule has 0 spiro atoms. The lowest BCUT2D eigenvalue weighted by molar-refractivity contribution is 0.0526. The molecule has 1 unspecified atom stereocenters. The SMILES string of the molecule is CCOC(=O)c1ccc(N2C(=O)c3n[nH]c(-c4cccs4)c3C2c2c(OC)cccc2OC)cc1. The fourth-order valence-corrected chi connectivity index (χ4v) is 5.15. The lowest BCUT2D eigenvalue weighted by Crippen LogP contribution is -2.30. The fraction of sp³-hybridized carbons (Fsp3) is 0.192. The number of benzene rings is 2. The molecule has 3 heterocycles. The number of esters is 1. The van der Waals surface area contributed by atoms with E-state index in [1.165, 1.54) is 0 Å². The van der Waals surface area contributed by atoms with Crippen molar-refractivity contribution in [3.8, 4) is 22.1 Å². The average Bonchev–Trinajstić information content (AvgIpc) is 3.62. The third-order valence-corrected chi connectivity index (χ3v) is 6.81. The van der Waals surface area contributed by atoms with Crippen LogP contribution in [-0.2, 0) is 4.74 Å². The van der Waals surface area contributed by atoms with Gasteiger partial charge in [0, 0.05) is 11.3 Å². The summed E-state index contributed by atoms with van der Waals surface area (Å²) < 4.78 is 16.5. The Bertz CT molecular complexity index is 1360. The molecule has 0 bridgehead atoms. The van der Waals surface area contributed by atoms with E-state index < -0.39 is 12.0 Å². The van der Waals surface area contributed by atoms with E-state index in [1.54, 1.807) is 61.6 Å². The third-order valence-electron chi connectivity index (χ3n) is 5.92. The second kappa shape index (κ2) is 9.27. The number of carbonyl (C=O) groups is 2. The van der Waals surface area contributed by atoms with Gasteiger partial charge in [0.1, 0.15) is 11.5 Å². The quantitative estimate of drug-likeness (QED) is 0.364. The molecule has 1 amide bonds. The van der Waals surface area contributed by atoms with Gasteiger partial charge < -0.3 is 14.2 Å². The normalized spacial score (nSPS) is 14.7. The van der Waals surface area contributed by atoms with E-state index in [2.05, 4.69) is 10.2 Å². The van der Waals surface area contributed by atoms with Crippen molar-refractivity contribution in [2.24, 2.45) is 0 Å². The number of aromatic nitrogens is 2. The van der Waals surface area contributed by atoms with Crippen LogP contribution in [0.15, 0.2) is 60.0 Å². The summed E-state index contributed by atoms with van der Waals surface area (Å²) in [6.07, 6.45) is 0. The molecule has 2 aromatic carbocycles. The van der Waals surface area contributed by atoms with Gasteiger partial charge in [-0.1, -0.05) is 12.1 Å². The Morgan fingerprint density at radius 2 is 1.74 bits per heavy atom. The van der Waals surface area contributed by atoms with Crippen molar-refractivity contribution in [3.63, 3.8) is 0 Å². The zero-order valence-corrected chi connectivity index (χ0v) is 20.2. The second-order valence-electron chi connectivity index (χ2n) is 7.76. The monoisotopic (exact) mass is 489 g/mol. The van der Waals surface area contributed by atoms with Crippen LogP contribution in [0.1, 0.15) is 44.9 Å². The molecule has 5 rings (SSSR count). The van der Waals surface area contributed by atoms with E-state index >= 15 is 0 Å². The van der Waals surface area contributed by atoms with Gasteiger partial charge in [-0.25, -0.2) is 4.79 Å². The number of amides is 1. The van der Waals surface area contributed by atoms with Crippen molar-refractivity contribution >= 4 is 28.9 Å². The summed E-state index contributed by atoms with van der Waals surface area (Å²) in [6.45, 7) is 2.04. The van der Waals surface area contributed by atoms with E-state index in [-0.39, 0.29) is 12.5 Å². The number of fused-ring (bicyclic) bond motifs is 1. The number of nitrogens with one attached hydrogen (secondary N) is 1. The van der Waals surface area contributed by atoms with Crippen LogP contribution in [0.4, 0.5) is 5.69 Å². The van der Waals surface area contributed by atoms with Crippen LogP contribution in [0.5, 0.6) is 11.5 Å². The summed E-state index contributed by atoms with van der Waals surface area (Å²) in [4.78, 5) is 28.5. The minimum absolute atomic E-state index is 0.263. The molecule has 178 valence electrons. The highest BCUT2D eigenvalue weighted by atomic mass is 32.1. The number of nitrogens with zero attached hydrogens (tertiary/aromatic N) is 2. The first-order valence-corrected chi connectivity index (χ1v) is 11.9. The van der Waals surface area contributed by atoms with E-state index in [0.717, 1.165) is 16.1 Å². The predicted molar refractivity (Wildman–Crippen MR) is 132 cm³/mol. The maximum atomic E-state index is 13.8. The number of aromatic amines is 1. The standard InChI is InChI=1S/C26H23N3O5S/c1-4-34-26(31)15-10-12-16(13-11-15)29-24(20-17(32-2)7-5-8-18(20)33-3)21-22(19-9-6-14-35-19)27-28-23(21)25(29)30/h5-14,24H,4H2,1-3H3,(H,27,28). The van der Waals surface area contributed by atoms with Crippen LogP contribution < -0.4 is 14.4 Å². The van der Waals surface area contributed by atoms with Crippen LogP contribution in [0.25, 0.3) is 10.6 Å². The number of thiophene rings is 1. The number of hydrogen-bond donors (Lipinski definition) is 1. The number of carbonyl (C=O) groups excluding carboxylic acids is 2. The van der Waals surface area contributed by atoms with Gasteiger partial charge in [-0.3, -0.25) is 14.8 Å². The molecule has 35 heavy (non-hydrogen) atoms. The van der Waals surface area contributed by atoms with Crippen molar-refractivity contribution in [3.05, 3.63) is 82.4 Å². The van der Waals surface area contributed by atoms with Crippen LogP contribution in [0.2, 0.25) is 0 Å². The molecule has 8 nitrogen and oxygen atoms in total. The van der Waals surface area contributed by atoms with Crippen molar-refractivity contribution in [2.45, 2.75) is 13.0 Å². The van der Waals surface area contributed by atoms with Gasteiger partial charge in [0.15, 0.2) is 5.69 Å². The average molecular weight is 490 g/mol. The smallest absolute Gasteiger partial charge is 0.338 e. The molecule has 4 aromatic rings. The van der Waals surface area contributed by atoms with Gasteiger partial charge in [-0.15, -0.1) is 11.3 Å². The largest absolute Gasteiger partial charge is 0.496 e. The van der Waals surface area contributed by atoms with E-state index in [9.17, 15) is 9.59 Å². The van der Waals surface area contributed by atoms with Crippen LogP contribution >= 0.6 is 11.3 Å². The van der Waals surface area contributed by atoms with Crippen LogP contribution in [0.3, 0.4) is 0 Å². The van der Waals surface area contributed by atoms with Crippen LogP contribution in [0, 0.1) is 0 Å². The lowest BCUT2D eigenvalue weighted by atomic mass is 9.96. The van der Waals surface area contributed by atoms with Gasteiger partial charge in [-0.2, -0.15) is 5.10 Å². The number of H-pyrrole nitrogens is 1. The van der Waals surface area contributed by atoms with Crippen LogP contribution in [-0.4, -0.2) is 42.9 Å². The lowest BCUT2D eigenvalue weighted by Gasteiger charge is -2.28. The van der Waals surface area contributed by atoms with Gasteiger partial charge in [0.25, 0.3) is 5.91 Å². The van der Waals surface area contributed by atoms with E-state index in [4.69, 9.17) is 14.2 Å². The van der Waals surface area contributed by atoms with Crippen molar-refractivity contribution in [1.29, 1.82) is 0 Å². The molecule has 1 N–H and O–H groups in total. The molecule has 0 saturated carbocycles. The highest BCUT2D eigenvalue weighted by molar-refractivity contribution is 7.13. The Kier molecular flexibility index (Phi) is 6.00. The summed E-state index contributed by atoms with van der Waals surface area (Å²) in [5, 5.41) is 9.44. The van der Waals surface area contributed by atoms with Gasteiger partial charge >= 0.3 is 5.97 Å². The summed E-state index contributed by atoms with van der Waals surface area (Å²) >= 11 is 1.56. The van der Waals surface area contributed by atoms with Gasteiger partial charge in [-0.05, 0) is 54.8 Å². The minimum atomic E-state index is -0.576.